The first-order chi connectivity index (χ1) is 13.0. The van der Waals surface area contributed by atoms with Gasteiger partial charge in [0.2, 0.25) is 5.91 Å². The number of benzene rings is 2. The molecular weight excluding hydrogens is 387 g/mol. The number of carbonyl (C=O) groups excluding carboxylic acids is 2. The van der Waals surface area contributed by atoms with Gasteiger partial charge in [0.05, 0.1) is 0 Å². The lowest BCUT2D eigenvalue weighted by Gasteiger charge is -2.29. The molecule has 2 aromatic rings. The van der Waals surface area contributed by atoms with Crippen molar-refractivity contribution in [3.8, 4) is 0 Å². The molecule has 2 atom stereocenters. The predicted molar refractivity (Wildman–Crippen MR) is 104 cm³/mol. The van der Waals surface area contributed by atoms with E-state index in [1.807, 2.05) is 0 Å². The molecule has 1 heterocycles. The third-order valence-electron chi connectivity index (χ3n) is 4.71. The first-order valence-corrected chi connectivity index (χ1v) is 10.2. The van der Waals surface area contributed by atoms with Gasteiger partial charge in [0.1, 0.15) is 17.2 Å². The maximum atomic E-state index is 13.3. The molecule has 27 heavy (non-hydrogen) atoms. The van der Waals surface area contributed by atoms with Crippen LogP contribution in [0.4, 0.5) is 4.39 Å². The molecule has 2 amide bonds. The molecule has 2 fully saturated rings. The Morgan fingerprint density at radius 2 is 1.74 bits per heavy atom. The topological polar surface area (TPSA) is 49.4 Å². The molecule has 1 aliphatic carbocycles. The Bertz CT molecular complexity index is 855. The molecule has 4 rings (SSSR count). The van der Waals surface area contributed by atoms with Crippen LogP contribution in [0.15, 0.2) is 48.5 Å². The number of carbonyl (C=O) groups is 2. The fourth-order valence-electron chi connectivity index (χ4n) is 3.11. The van der Waals surface area contributed by atoms with E-state index in [1.54, 1.807) is 41.3 Å². The van der Waals surface area contributed by atoms with Gasteiger partial charge in [0, 0.05) is 22.4 Å². The maximum absolute atomic E-state index is 13.3. The average Bonchev–Trinajstić information content (AvgIpc) is 3.37. The first kappa shape index (κ1) is 18.3. The molecule has 2 unspecified atom stereocenters. The maximum Gasteiger partial charge on any atom is 0.255 e. The molecule has 7 heteroatoms. The first-order valence-electron chi connectivity index (χ1n) is 8.78. The van der Waals surface area contributed by atoms with E-state index in [1.165, 1.54) is 23.9 Å². The highest BCUT2D eigenvalue weighted by atomic mass is 35.5. The summed E-state index contributed by atoms with van der Waals surface area (Å²) in [5.41, 5.74) is 1.27. The normalized spacial score (nSPS) is 21.9. The predicted octanol–water partition coefficient (Wildman–Crippen LogP) is 4.01. The summed E-state index contributed by atoms with van der Waals surface area (Å²) in [6, 6.07) is 12.4. The lowest BCUT2D eigenvalue weighted by atomic mass is 10.1. The van der Waals surface area contributed by atoms with Crippen LogP contribution < -0.4 is 5.32 Å². The zero-order chi connectivity index (χ0) is 19.0. The monoisotopic (exact) mass is 404 g/mol. The zero-order valence-electron chi connectivity index (χ0n) is 14.4. The van der Waals surface area contributed by atoms with E-state index in [9.17, 15) is 14.0 Å². The quantitative estimate of drug-likeness (QED) is 0.837. The number of amides is 2. The van der Waals surface area contributed by atoms with Crippen molar-refractivity contribution in [3.05, 3.63) is 70.5 Å². The summed E-state index contributed by atoms with van der Waals surface area (Å²) in [4.78, 5) is 27.6. The number of thioether (sulfide) groups is 1. The van der Waals surface area contributed by atoms with E-state index in [0.717, 1.165) is 18.4 Å². The lowest BCUT2D eigenvalue weighted by Crippen LogP contribution is -2.48. The van der Waals surface area contributed by atoms with E-state index >= 15 is 0 Å². The molecule has 0 aromatic heterocycles. The largest absolute Gasteiger partial charge is 0.352 e. The second-order valence-corrected chi connectivity index (χ2v) is 8.30. The van der Waals surface area contributed by atoms with Gasteiger partial charge in [-0.2, -0.15) is 0 Å². The Balaban J connectivity index is 1.65. The van der Waals surface area contributed by atoms with Crippen LogP contribution in [0.3, 0.4) is 0 Å². The van der Waals surface area contributed by atoms with Gasteiger partial charge in [-0.3, -0.25) is 9.59 Å². The van der Waals surface area contributed by atoms with Gasteiger partial charge in [0.15, 0.2) is 0 Å². The van der Waals surface area contributed by atoms with Crippen molar-refractivity contribution < 1.29 is 14.0 Å². The van der Waals surface area contributed by atoms with Crippen LogP contribution in [-0.4, -0.2) is 34.6 Å². The molecule has 1 saturated carbocycles. The minimum absolute atomic E-state index is 0.128. The highest BCUT2D eigenvalue weighted by Gasteiger charge is 2.43. The van der Waals surface area contributed by atoms with Crippen LogP contribution in [0.1, 0.15) is 34.1 Å². The number of hydrogen-bond acceptors (Lipinski definition) is 3. The van der Waals surface area contributed by atoms with Crippen molar-refractivity contribution in [3.63, 3.8) is 0 Å². The summed E-state index contributed by atoms with van der Waals surface area (Å²) in [6.45, 7) is 0. The van der Waals surface area contributed by atoms with Crippen LogP contribution >= 0.6 is 23.4 Å². The van der Waals surface area contributed by atoms with Crippen molar-refractivity contribution in [2.24, 2.45) is 0 Å². The van der Waals surface area contributed by atoms with Gasteiger partial charge < -0.3 is 10.2 Å². The van der Waals surface area contributed by atoms with Gasteiger partial charge >= 0.3 is 0 Å². The fourth-order valence-corrected chi connectivity index (χ4v) is 4.66. The standard InChI is InChI=1S/C20H18ClFN2O2S/c21-14-5-1-12(2-6-14)19(26)24-17(18(25)23-16-9-10-16)11-27-20(24)13-3-7-15(22)8-4-13/h1-8,16-17,20H,9-11H2,(H,23,25). The van der Waals surface area contributed by atoms with Crippen LogP contribution in [-0.2, 0) is 4.79 Å². The SMILES string of the molecule is O=C(NC1CC1)C1CSC(c2ccc(F)cc2)N1C(=O)c1ccc(Cl)cc1. The van der Waals surface area contributed by atoms with Crippen LogP contribution in [0, 0.1) is 5.82 Å². The molecule has 1 N–H and O–H groups in total. The molecule has 4 nitrogen and oxygen atoms in total. The van der Waals surface area contributed by atoms with Crippen LogP contribution in [0.25, 0.3) is 0 Å². The minimum Gasteiger partial charge on any atom is -0.352 e. The van der Waals surface area contributed by atoms with E-state index < -0.39 is 6.04 Å². The number of halogens is 2. The number of nitrogens with zero attached hydrogens (tertiary/aromatic N) is 1. The van der Waals surface area contributed by atoms with Crippen molar-refractivity contribution in [2.45, 2.75) is 30.3 Å². The van der Waals surface area contributed by atoms with Gasteiger partial charge in [-0.05, 0) is 54.8 Å². The van der Waals surface area contributed by atoms with Gasteiger partial charge in [0.25, 0.3) is 5.91 Å². The molecule has 0 bridgehead atoms. The van der Waals surface area contributed by atoms with E-state index in [-0.39, 0.29) is 29.0 Å². The second kappa shape index (κ2) is 7.52. The molecule has 0 radical (unpaired) electrons. The van der Waals surface area contributed by atoms with E-state index in [4.69, 9.17) is 11.6 Å². The van der Waals surface area contributed by atoms with E-state index in [0.29, 0.717) is 16.3 Å². The number of hydrogen-bond donors (Lipinski definition) is 1. The van der Waals surface area contributed by atoms with Crippen LogP contribution in [0.2, 0.25) is 5.02 Å². The molecule has 0 spiro atoms. The summed E-state index contributed by atoms with van der Waals surface area (Å²) in [5.74, 6) is -0.195. The number of nitrogens with one attached hydrogen (secondary N) is 1. The third kappa shape index (κ3) is 3.96. The Hall–Kier alpha value is -2.05. The highest BCUT2D eigenvalue weighted by Crippen LogP contribution is 2.42. The van der Waals surface area contributed by atoms with Gasteiger partial charge in [-0.1, -0.05) is 23.7 Å². The fraction of sp³-hybridized carbons (Fsp3) is 0.300. The summed E-state index contributed by atoms with van der Waals surface area (Å²) >= 11 is 7.45. The van der Waals surface area contributed by atoms with Gasteiger partial charge in [-0.15, -0.1) is 11.8 Å². The Morgan fingerprint density at radius 3 is 2.37 bits per heavy atom. The minimum atomic E-state index is -0.561. The summed E-state index contributed by atoms with van der Waals surface area (Å²) in [7, 11) is 0. The smallest absolute Gasteiger partial charge is 0.255 e. The highest BCUT2D eigenvalue weighted by molar-refractivity contribution is 7.99. The third-order valence-corrected chi connectivity index (χ3v) is 6.28. The molecule has 1 saturated heterocycles. The summed E-state index contributed by atoms with van der Waals surface area (Å²) in [5, 5.41) is 3.19. The second-order valence-electron chi connectivity index (χ2n) is 6.76. The molecule has 2 aliphatic rings. The Kier molecular flexibility index (Phi) is 5.10. The van der Waals surface area contributed by atoms with E-state index in [2.05, 4.69) is 5.32 Å². The average molecular weight is 405 g/mol. The van der Waals surface area contributed by atoms with Crippen molar-refractivity contribution in [1.82, 2.24) is 10.2 Å². The molecule has 140 valence electrons. The molecule has 1 aliphatic heterocycles. The molecule has 2 aromatic carbocycles. The van der Waals surface area contributed by atoms with Gasteiger partial charge in [-0.25, -0.2) is 4.39 Å². The summed E-state index contributed by atoms with van der Waals surface area (Å²) in [6.07, 6.45) is 1.97. The number of rotatable bonds is 4. The Labute approximate surface area is 166 Å². The molecular formula is C20H18ClFN2O2S. The summed E-state index contributed by atoms with van der Waals surface area (Å²) < 4.78 is 13.3. The van der Waals surface area contributed by atoms with Crippen molar-refractivity contribution >= 4 is 35.2 Å². The Morgan fingerprint density at radius 1 is 1.07 bits per heavy atom. The van der Waals surface area contributed by atoms with Crippen LogP contribution in [0.5, 0.6) is 0 Å². The zero-order valence-corrected chi connectivity index (χ0v) is 16.0. The van der Waals surface area contributed by atoms with Crippen molar-refractivity contribution in [2.75, 3.05) is 5.75 Å². The van der Waals surface area contributed by atoms with Crippen molar-refractivity contribution in [1.29, 1.82) is 0 Å². The lowest BCUT2D eigenvalue weighted by molar-refractivity contribution is -0.125.